The van der Waals surface area contributed by atoms with Crippen LogP contribution in [-0.4, -0.2) is 18.5 Å². The molecule has 0 saturated heterocycles. The van der Waals surface area contributed by atoms with Gasteiger partial charge in [-0.3, -0.25) is 4.79 Å². The summed E-state index contributed by atoms with van der Waals surface area (Å²) in [5.74, 6) is 0.814. The van der Waals surface area contributed by atoms with Gasteiger partial charge in [0, 0.05) is 12.2 Å². The van der Waals surface area contributed by atoms with Crippen LogP contribution >= 0.6 is 0 Å². The predicted molar refractivity (Wildman–Crippen MR) is 77.7 cm³/mol. The highest BCUT2D eigenvalue weighted by atomic mass is 16.5. The first-order valence-electron chi connectivity index (χ1n) is 7.52. The summed E-state index contributed by atoms with van der Waals surface area (Å²) in [5, 5.41) is 0. The van der Waals surface area contributed by atoms with Gasteiger partial charge in [0.05, 0.1) is 0 Å². The summed E-state index contributed by atoms with van der Waals surface area (Å²) in [5.41, 5.74) is 2.14. The zero-order chi connectivity index (χ0) is 13.7. The average molecular weight is 260 g/mol. The van der Waals surface area contributed by atoms with Crippen LogP contribution in [0.2, 0.25) is 0 Å². The number of hydrogen-bond acceptors (Lipinski definition) is 2. The summed E-state index contributed by atoms with van der Waals surface area (Å²) in [6.07, 6.45) is 5.36. The Bertz CT molecular complexity index is 415. The second-order valence-electron chi connectivity index (χ2n) is 5.35. The molecule has 0 spiro atoms. The summed E-state index contributed by atoms with van der Waals surface area (Å²) in [7, 11) is 0. The van der Waals surface area contributed by atoms with E-state index >= 15 is 0 Å². The molecule has 0 N–H and O–H groups in total. The predicted octanol–water partition coefficient (Wildman–Crippen LogP) is 4.34. The molecule has 2 heteroatoms. The Hall–Kier alpha value is -1.15. The zero-order valence-electron chi connectivity index (χ0n) is 12.0. The molecule has 1 atom stereocenters. The summed E-state index contributed by atoms with van der Waals surface area (Å²) < 4.78 is 5.59. The molecule has 0 radical (unpaired) electrons. The molecule has 19 heavy (non-hydrogen) atoms. The quantitative estimate of drug-likeness (QED) is 0.682. The minimum atomic E-state index is -0.272. The van der Waals surface area contributed by atoms with Gasteiger partial charge in [-0.1, -0.05) is 38.0 Å². The van der Waals surface area contributed by atoms with Crippen LogP contribution in [0, 0.1) is 0 Å². The van der Waals surface area contributed by atoms with Gasteiger partial charge in [0.15, 0.2) is 5.78 Å². The lowest BCUT2D eigenvalue weighted by Gasteiger charge is -2.26. The lowest BCUT2D eigenvalue weighted by atomic mass is 9.79. The number of rotatable bonds is 7. The maximum absolute atomic E-state index is 12.5. The Balaban J connectivity index is 2.12. The van der Waals surface area contributed by atoms with Crippen LogP contribution in [0.3, 0.4) is 0 Å². The van der Waals surface area contributed by atoms with Crippen molar-refractivity contribution in [2.45, 2.75) is 58.0 Å². The molecule has 1 aromatic carbocycles. The molecule has 1 saturated carbocycles. The summed E-state index contributed by atoms with van der Waals surface area (Å²) in [6.45, 7) is 4.63. The van der Waals surface area contributed by atoms with E-state index in [1.807, 2.05) is 19.1 Å². The van der Waals surface area contributed by atoms with Gasteiger partial charge in [0.2, 0.25) is 0 Å². The van der Waals surface area contributed by atoms with Crippen molar-refractivity contribution in [3.63, 3.8) is 0 Å². The van der Waals surface area contributed by atoms with Crippen LogP contribution in [-0.2, 0) is 4.74 Å². The van der Waals surface area contributed by atoms with Crippen LogP contribution in [0.1, 0.15) is 67.8 Å². The summed E-state index contributed by atoms with van der Waals surface area (Å²) in [4.78, 5) is 12.5. The monoisotopic (exact) mass is 260 g/mol. The maximum atomic E-state index is 12.5. The summed E-state index contributed by atoms with van der Waals surface area (Å²) in [6, 6.07) is 8.16. The molecular formula is C17H24O2. The van der Waals surface area contributed by atoms with Crippen molar-refractivity contribution in [3.05, 3.63) is 35.4 Å². The minimum Gasteiger partial charge on any atom is -0.370 e. The van der Waals surface area contributed by atoms with Crippen molar-refractivity contribution in [3.8, 4) is 0 Å². The van der Waals surface area contributed by atoms with Crippen LogP contribution in [0.5, 0.6) is 0 Å². The van der Waals surface area contributed by atoms with Crippen LogP contribution in [0.15, 0.2) is 24.3 Å². The highest BCUT2D eigenvalue weighted by Crippen LogP contribution is 2.36. The molecule has 1 unspecified atom stereocenters. The van der Waals surface area contributed by atoms with Crippen molar-refractivity contribution in [1.82, 2.24) is 0 Å². The largest absolute Gasteiger partial charge is 0.370 e. The van der Waals surface area contributed by atoms with Gasteiger partial charge in [0.1, 0.15) is 6.10 Å². The Morgan fingerprint density at radius 2 is 2.16 bits per heavy atom. The lowest BCUT2D eigenvalue weighted by molar-refractivity contribution is 0.0423. The lowest BCUT2D eigenvalue weighted by Crippen LogP contribution is -2.24. The molecule has 104 valence electrons. The zero-order valence-corrected chi connectivity index (χ0v) is 12.0. The number of carbonyl (C=O) groups excluding carboxylic acids is 1. The molecule has 1 aliphatic carbocycles. The Labute approximate surface area is 116 Å². The highest BCUT2D eigenvalue weighted by Gasteiger charge is 2.23. The van der Waals surface area contributed by atoms with Crippen molar-refractivity contribution < 1.29 is 9.53 Å². The van der Waals surface area contributed by atoms with E-state index in [2.05, 4.69) is 19.1 Å². The van der Waals surface area contributed by atoms with Crippen molar-refractivity contribution in [1.29, 1.82) is 0 Å². The number of ether oxygens (including phenoxy) is 1. The molecule has 0 aromatic heterocycles. The van der Waals surface area contributed by atoms with E-state index in [1.165, 1.54) is 24.8 Å². The van der Waals surface area contributed by atoms with E-state index in [4.69, 9.17) is 4.74 Å². The molecule has 0 aliphatic heterocycles. The van der Waals surface area contributed by atoms with E-state index in [1.54, 1.807) is 0 Å². The van der Waals surface area contributed by atoms with Gasteiger partial charge in [-0.2, -0.15) is 0 Å². The summed E-state index contributed by atoms with van der Waals surface area (Å²) >= 11 is 0. The maximum Gasteiger partial charge on any atom is 0.191 e. The molecule has 2 nitrogen and oxygen atoms in total. The van der Waals surface area contributed by atoms with Crippen molar-refractivity contribution in [2.24, 2.45) is 0 Å². The first kappa shape index (κ1) is 14.3. The normalized spacial score (nSPS) is 16.9. The highest BCUT2D eigenvalue weighted by molar-refractivity contribution is 5.99. The fourth-order valence-corrected chi connectivity index (χ4v) is 2.63. The van der Waals surface area contributed by atoms with Crippen LogP contribution in [0.4, 0.5) is 0 Å². The molecule has 0 heterocycles. The first-order chi connectivity index (χ1) is 9.26. The second-order valence-corrected chi connectivity index (χ2v) is 5.35. The van der Waals surface area contributed by atoms with Gasteiger partial charge < -0.3 is 4.74 Å². The third-order valence-corrected chi connectivity index (χ3v) is 3.96. The van der Waals surface area contributed by atoms with E-state index in [0.29, 0.717) is 12.5 Å². The van der Waals surface area contributed by atoms with E-state index in [9.17, 15) is 4.79 Å². The smallest absolute Gasteiger partial charge is 0.191 e. The van der Waals surface area contributed by atoms with Gasteiger partial charge in [0.25, 0.3) is 0 Å². The Morgan fingerprint density at radius 3 is 2.74 bits per heavy atom. The third-order valence-electron chi connectivity index (χ3n) is 3.96. The molecule has 0 amide bonds. The van der Waals surface area contributed by atoms with Crippen LogP contribution < -0.4 is 0 Å². The van der Waals surface area contributed by atoms with Gasteiger partial charge >= 0.3 is 0 Å². The molecule has 0 bridgehead atoms. The first-order valence-corrected chi connectivity index (χ1v) is 7.52. The third kappa shape index (κ3) is 3.44. The molecule has 2 rings (SSSR count). The fraction of sp³-hybridized carbons (Fsp3) is 0.588. The van der Waals surface area contributed by atoms with E-state index in [0.717, 1.165) is 18.4 Å². The molecule has 1 fully saturated rings. The van der Waals surface area contributed by atoms with Gasteiger partial charge in [-0.15, -0.1) is 0 Å². The van der Waals surface area contributed by atoms with Crippen LogP contribution in [0.25, 0.3) is 0 Å². The molecule has 1 aliphatic rings. The Morgan fingerprint density at radius 1 is 1.37 bits per heavy atom. The number of benzene rings is 1. The number of hydrogen-bond donors (Lipinski definition) is 0. The standard InChI is InChI=1S/C17H24O2/c1-3-7-16(19-4-2)17(18)15-11-6-10-14(12-15)13-8-5-9-13/h6,10-13,16H,3-5,7-9H2,1-2H3. The average Bonchev–Trinajstić information content (AvgIpc) is 2.36. The van der Waals surface area contributed by atoms with Gasteiger partial charge in [-0.25, -0.2) is 0 Å². The topological polar surface area (TPSA) is 26.3 Å². The van der Waals surface area contributed by atoms with E-state index < -0.39 is 0 Å². The van der Waals surface area contributed by atoms with Crippen molar-refractivity contribution >= 4 is 5.78 Å². The molecule has 1 aromatic rings. The van der Waals surface area contributed by atoms with Crippen molar-refractivity contribution in [2.75, 3.05) is 6.61 Å². The SMILES string of the molecule is CCCC(OCC)C(=O)c1cccc(C2CCC2)c1. The minimum absolute atomic E-state index is 0.143. The Kier molecular flexibility index (Phi) is 5.15. The number of carbonyl (C=O) groups is 1. The van der Waals surface area contributed by atoms with Gasteiger partial charge in [-0.05, 0) is 43.7 Å². The molecular weight excluding hydrogens is 236 g/mol. The van der Waals surface area contributed by atoms with E-state index in [-0.39, 0.29) is 11.9 Å². The number of Topliss-reactive ketones (excluding diaryl/α,β-unsaturated/α-hetero) is 1. The second kappa shape index (κ2) is 6.85. The number of ketones is 1. The fourth-order valence-electron chi connectivity index (χ4n) is 2.63.